The Labute approximate surface area is 105 Å². The van der Waals surface area contributed by atoms with Crippen LogP contribution in [0.4, 0.5) is 0 Å². The summed E-state index contributed by atoms with van der Waals surface area (Å²) >= 11 is 0. The molecule has 17 heavy (non-hydrogen) atoms. The molecule has 0 amide bonds. The summed E-state index contributed by atoms with van der Waals surface area (Å²) in [5, 5.41) is 11.0. The van der Waals surface area contributed by atoms with Crippen LogP contribution in [0.5, 0.6) is 0 Å². The van der Waals surface area contributed by atoms with Crippen molar-refractivity contribution in [3.05, 3.63) is 0 Å². The molecule has 0 heterocycles. The normalized spacial score (nSPS) is 47.1. The molecule has 2 rings (SSSR count). The highest BCUT2D eigenvalue weighted by Crippen LogP contribution is 2.51. The Kier molecular flexibility index (Phi) is 3.37. The first-order chi connectivity index (χ1) is 7.86. The number of aliphatic hydroxyl groups is 1. The second kappa shape index (κ2) is 4.38. The smallest absolute Gasteiger partial charge is 0.136 e. The van der Waals surface area contributed by atoms with Crippen molar-refractivity contribution in [2.45, 2.75) is 59.0 Å². The van der Waals surface area contributed by atoms with E-state index in [-0.39, 0.29) is 5.92 Å². The van der Waals surface area contributed by atoms with Gasteiger partial charge in [-0.25, -0.2) is 0 Å². The molecule has 98 valence electrons. The predicted molar refractivity (Wildman–Crippen MR) is 68.6 cm³/mol. The summed E-state index contributed by atoms with van der Waals surface area (Å²) in [7, 11) is 0. The lowest BCUT2D eigenvalue weighted by Gasteiger charge is -2.36. The first-order valence-electron chi connectivity index (χ1n) is 7.11. The van der Waals surface area contributed by atoms with Crippen molar-refractivity contribution in [1.82, 2.24) is 0 Å². The molecule has 0 radical (unpaired) electrons. The van der Waals surface area contributed by atoms with Crippen molar-refractivity contribution in [1.29, 1.82) is 0 Å². The molecule has 0 bridgehead atoms. The van der Waals surface area contributed by atoms with Crippen molar-refractivity contribution in [3.8, 4) is 0 Å². The molecule has 2 fully saturated rings. The summed E-state index contributed by atoms with van der Waals surface area (Å²) in [6.07, 6.45) is 3.57. The number of Topliss-reactive ketones (excluding diaryl/α,β-unsaturated/α-hetero) is 1. The Morgan fingerprint density at radius 1 is 1.29 bits per heavy atom. The average Bonchev–Trinajstić information content (AvgIpc) is 2.46. The van der Waals surface area contributed by atoms with Gasteiger partial charge in [0, 0.05) is 12.3 Å². The van der Waals surface area contributed by atoms with E-state index in [2.05, 4.69) is 27.7 Å². The van der Waals surface area contributed by atoms with Gasteiger partial charge in [-0.2, -0.15) is 0 Å². The second-order valence-electron chi connectivity index (χ2n) is 6.78. The summed E-state index contributed by atoms with van der Waals surface area (Å²) in [6, 6.07) is 0. The van der Waals surface area contributed by atoms with Gasteiger partial charge in [-0.15, -0.1) is 0 Å². The summed E-state index contributed by atoms with van der Waals surface area (Å²) in [4.78, 5) is 12.2. The van der Waals surface area contributed by atoms with E-state index in [1.165, 1.54) is 0 Å². The van der Waals surface area contributed by atoms with Crippen LogP contribution in [0.1, 0.15) is 53.4 Å². The van der Waals surface area contributed by atoms with Crippen LogP contribution in [0.15, 0.2) is 0 Å². The Morgan fingerprint density at radius 2 is 1.94 bits per heavy atom. The number of carbonyl (C=O) groups excluding carboxylic acids is 1. The van der Waals surface area contributed by atoms with E-state index in [4.69, 9.17) is 0 Å². The monoisotopic (exact) mass is 238 g/mol. The van der Waals surface area contributed by atoms with Gasteiger partial charge in [-0.05, 0) is 42.9 Å². The molecular weight excluding hydrogens is 212 g/mol. The third-order valence-corrected chi connectivity index (χ3v) is 5.38. The molecule has 0 aromatic rings. The van der Waals surface area contributed by atoms with Crippen molar-refractivity contribution in [3.63, 3.8) is 0 Å². The number of hydrogen-bond donors (Lipinski definition) is 1. The van der Waals surface area contributed by atoms with Gasteiger partial charge in [0.1, 0.15) is 5.78 Å². The quantitative estimate of drug-likeness (QED) is 0.762. The molecule has 0 aromatic heterocycles. The van der Waals surface area contributed by atoms with Crippen LogP contribution < -0.4 is 0 Å². The number of fused-ring (bicyclic) bond motifs is 1. The Hall–Kier alpha value is -0.370. The van der Waals surface area contributed by atoms with Crippen LogP contribution in [0.2, 0.25) is 0 Å². The van der Waals surface area contributed by atoms with Crippen LogP contribution in [0.25, 0.3) is 0 Å². The maximum atomic E-state index is 12.2. The van der Waals surface area contributed by atoms with Crippen LogP contribution in [-0.4, -0.2) is 16.5 Å². The molecular formula is C15H26O2. The Bertz CT molecular complexity index is 310. The van der Waals surface area contributed by atoms with Gasteiger partial charge in [0.05, 0.1) is 5.60 Å². The molecule has 1 unspecified atom stereocenters. The molecule has 2 nitrogen and oxygen atoms in total. The minimum Gasteiger partial charge on any atom is -0.389 e. The molecule has 2 aliphatic carbocycles. The minimum atomic E-state index is -0.583. The summed E-state index contributed by atoms with van der Waals surface area (Å²) in [5.74, 6) is 1.83. The highest BCUT2D eigenvalue weighted by Gasteiger charge is 2.52. The van der Waals surface area contributed by atoms with Gasteiger partial charge in [0.2, 0.25) is 0 Å². The van der Waals surface area contributed by atoms with E-state index >= 15 is 0 Å². The van der Waals surface area contributed by atoms with Crippen molar-refractivity contribution < 1.29 is 9.90 Å². The standard InChI is InChI=1S/C15H26O2/c1-9(2)12-8-15(17)11(4)5-6-13(15)10(3)7-14(12)16/h9-13,17H,5-8H2,1-4H3/t10?,11-,12-,13-,15-/m0/s1. The Morgan fingerprint density at radius 3 is 2.53 bits per heavy atom. The van der Waals surface area contributed by atoms with Gasteiger partial charge >= 0.3 is 0 Å². The molecule has 0 spiro atoms. The fourth-order valence-corrected chi connectivity index (χ4v) is 4.11. The van der Waals surface area contributed by atoms with E-state index in [9.17, 15) is 9.90 Å². The minimum absolute atomic E-state index is 0.0630. The fraction of sp³-hybridized carbons (Fsp3) is 0.933. The summed E-state index contributed by atoms with van der Waals surface area (Å²) < 4.78 is 0. The first kappa shape index (κ1) is 13.1. The van der Waals surface area contributed by atoms with E-state index in [0.717, 1.165) is 12.8 Å². The molecule has 2 aliphatic rings. The zero-order valence-electron chi connectivity index (χ0n) is 11.6. The molecule has 0 aromatic carbocycles. The molecule has 5 atom stereocenters. The van der Waals surface area contributed by atoms with Crippen molar-refractivity contribution in [2.75, 3.05) is 0 Å². The van der Waals surface area contributed by atoms with E-state index in [0.29, 0.717) is 42.3 Å². The number of rotatable bonds is 1. The number of carbonyl (C=O) groups is 1. The van der Waals surface area contributed by atoms with Crippen LogP contribution in [-0.2, 0) is 4.79 Å². The summed E-state index contributed by atoms with van der Waals surface area (Å²) in [6.45, 7) is 8.52. The van der Waals surface area contributed by atoms with Gasteiger partial charge in [0.25, 0.3) is 0 Å². The third-order valence-electron chi connectivity index (χ3n) is 5.38. The van der Waals surface area contributed by atoms with E-state index in [1.807, 2.05) is 0 Å². The van der Waals surface area contributed by atoms with Crippen LogP contribution in [0, 0.1) is 29.6 Å². The molecule has 0 aliphatic heterocycles. The van der Waals surface area contributed by atoms with Crippen molar-refractivity contribution >= 4 is 5.78 Å². The third kappa shape index (κ3) is 2.05. The second-order valence-corrected chi connectivity index (χ2v) is 6.78. The maximum absolute atomic E-state index is 12.2. The predicted octanol–water partition coefficient (Wildman–Crippen LogP) is 3.03. The van der Waals surface area contributed by atoms with Gasteiger partial charge < -0.3 is 5.11 Å². The highest BCUT2D eigenvalue weighted by atomic mass is 16.3. The summed E-state index contributed by atoms with van der Waals surface area (Å²) in [5.41, 5.74) is -0.583. The largest absolute Gasteiger partial charge is 0.389 e. The lowest BCUT2D eigenvalue weighted by Crippen LogP contribution is -2.42. The SMILES string of the molecule is CC(C)[C@@H]1C[C@]2(O)[C@@H](C)CC[C@H]2C(C)CC1=O. The zero-order valence-corrected chi connectivity index (χ0v) is 11.6. The molecule has 2 heteroatoms. The average molecular weight is 238 g/mol. The lowest BCUT2D eigenvalue weighted by molar-refractivity contribution is -0.126. The fourth-order valence-electron chi connectivity index (χ4n) is 4.11. The van der Waals surface area contributed by atoms with E-state index < -0.39 is 5.60 Å². The Balaban J connectivity index is 2.32. The number of hydrogen-bond acceptors (Lipinski definition) is 2. The van der Waals surface area contributed by atoms with Crippen LogP contribution in [0.3, 0.4) is 0 Å². The van der Waals surface area contributed by atoms with Crippen LogP contribution >= 0.6 is 0 Å². The van der Waals surface area contributed by atoms with Crippen molar-refractivity contribution in [2.24, 2.45) is 29.6 Å². The number of ketones is 1. The van der Waals surface area contributed by atoms with Gasteiger partial charge in [0.15, 0.2) is 0 Å². The lowest BCUT2D eigenvalue weighted by atomic mass is 9.74. The van der Waals surface area contributed by atoms with Gasteiger partial charge in [-0.1, -0.05) is 27.7 Å². The topological polar surface area (TPSA) is 37.3 Å². The molecule has 1 N–H and O–H groups in total. The molecule has 0 saturated heterocycles. The first-order valence-corrected chi connectivity index (χ1v) is 7.11. The highest BCUT2D eigenvalue weighted by molar-refractivity contribution is 5.82. The van der Waals surface area contributed by atoms with Gasteiger partial charge in [-0.3, -0.25) is 4.79 Å². The van der Waals surface area contributed by atoms with E-state index in [1.54, 1.807) is 0 Å². The zero-order chi connectivity index (χ0) is 12.8. The maximum Gasteiger partial charge on any atom is 0.136 e. The molecule has 2 saturated carbocycles.